The summed E-state index contributed by atoms with van der Waals surface area (Å²) in [6, 6.07) is 3.99. The Morgan fingerprint density at radius 2 is 2.17 bits per heavy atom. The van der Waals surface area contributed by atoms with Gasteiger partial charge in [0, 0.05) is 17.1 Å². The van der Waals surface area contributed by atoms with Crippen LogP contribution in [0.15, 0.2) is 22.8 Å². The third kappa shape index (κ3) is 2.57. The number of hydrogen-bond acceptors (Lipinski definition) is 3. The van der Waals surface area contributed by atoms with Gasteiger partial charge in [-0.15, -0.1) is 0 Å². The molecule has 2 aromatic heterocycles. The lowest BCUT2D eigenvalue weighted by molar-refractivity contribution is 0.217. The summed E-state index contributed by atoms with van der Waals surface area (Å²) in [4.78, 5) is 6.99. The summed E-state index contributed by atoms with van der Waals surface area (Å²) in [6.07, 6.45) is 5.48. The normalized spacial score (nSPS) is 18.6. The molecule has 0 aromatic carbocycles. The second kappa shape index (κ2) is 4.97. The van der Waals surface area contributed by atoms with Crippen LogP contribution in [0.25, 0.3) is 5.65 Å². The predicted molar refractivity (Wildman–Crippen MR) is 74.6 cm³/mol. The van der Waals surface area contributed by atoms with Gasteiger partial charge in [0.15, 0.2) is 11.5 Å². The Hall–Kier alpha value is -0.940. The van der Waals surface area contributed by atoms with Crippen LogP contribution in [0.4, 0.5) is 0 Å². The zero-order valence-electron chi connectivity index (χ0n) is 10.5. The molecule has 0 atom stereocenters. The van der Waals surface area contributed by atoms with Gasteiger partial charge in [0.05, 0.1) is 0 Å². The first-order chi connectivity index (χ1) is 8.70. The molecule has 1 saturated heterocycles. The van der Waals surface area contributed by atoms with Crippen molar-refractivity contribution in [2.75, 3.05) is 20.1 Å². The third-order valence-electron chi connectivity index (χ3n) is 3.65. The van der Waals surface area contributed by atoms with E-state index in [1.54, 1.807) is 0 Å². The summed E-state index contributed by atoms with van der Waals surface area (Å²) in [7, 11) is 2.19. The maximum Gasteiger partial charge on any atom is 0.156 e. The van der Waals surface area contributed by atoms with Gasteiger partial charge in [-0.25, -0.2) is 9.50 Å². The van der Waals surface area contributed by atoms with Gasteiger partial charge in [0.2, 0.25) is 0 Å². The molecule has 96 valence electrons. The van der Waals surface area contributed by atoms with Crippen LogP contribution in [0, 0.1) is 5.92 Å². The molecule has 4 nitrogen and oxygen atoms in total. The lowest BCUT2D eigenvalue weighted by atomic mass is 9.94. The Bertz CT molecular complexity index is 543. The first-order valence-corrected chi connectivity index (χ1v) is 7.19. The molecule has 0 saturated carbocycles. The van der Waals surface area contributed by atoms with Crippen LogP contribution in [0.1, 0.15) is 18.7 Å². The zero-order valence-corrected chi connectivity index (χ0v) is 12.1. The first kappa shape index (κ1) is 12.1. The van der Waals surface area contributed by atoms with E-state index in [0.29, 0.717) is 0 Å². The number of hydrogen-bond donors (Lipinski definition) is 0. The monoisotopic (exact) mass is 308 g/mol. The maximum atomic E-state index is 4.59. The first-order valence-electron chi connectivity index (χ1n) is 6.40. The number of piperidine rings is 1. The standard InChI is InChI=1S/C13H17BrN4/c1-17-5-2-10(3-6-17)8-12-15-13-9-11(14)4-7-18(13)16-12/h4,7,9-10H,2-3,5-6,8H2,1H3. The molecule has 0 bridgehead atoms. The minimum Gasteiger partial charge on any atom is -0.306 e. The largest absolute Gasteiger partial charge is 0.306 e. The Kier molecular flexibility index (Phi) is 3.35. The highest BCUT2D eigenvalue weighted by atomic mass is 79.9. The van der Waals surface area contributed by atoms with Crippen molar-refractivity contribution in [3.05, 3.63) is 28.6 Å². The van der Waals surface area contributed by atoms with Gasteiger partial charge in [0.1, 0.15) is 0 Å². The van der Waals surface area contributed by atoms with E-state index in [1.165, 1.54) is 25.9 Å². The summed E-state index contributed by atoms with van der Waals surface area (Å²) in [5.41, 5.74) is 0.923. The number of pyridine rings is 1. The smallest absolute Gasteiger partial charge is 0.156 e. The number of aromatic nitrogens is 3. The quantitative estimate of drug-likeness (QED) is 0.854. The van der Waals surface area contributed by atoms with Crippen LogP contribution in [0.2, 0.25) is 0 Å². The molecule has 0 radical (unpaired) electrons. The number of nitrogens with zero attached hydrogens (tertiary/aromatic N) is 4. The Labute approximate surface area is 115 Å². The molecule has 0 N–H and O–H groups in total. The number of likely N-dealkylation sites (tertiary alicyclic amines) is 1. The summed E-state index contributed by atoms with van der Waals surface area (Å²) in [6.45, 7) is 2.40. The van der Waals surface area contributed by atoms with Crippen molar-refractivity contribution in [3.63, 3.8) is 0 Å². The van der Waals surface area contributed by atoms with Gasteiger partial charge in [-0.05, 0) is 51.0 Å². The highest BCUT2D eigenvalue weighted by Crippen LogP contribution is 2.20. The minimum absolute atomic E-state index is 0.738. The molecule has 18 heavy (non-hydrogen) atoms. The van der Waals surface area contributed by atoms with Crippen molar-refractivity contribution in [2.24, 2.45) is 5.92 Å². The number of rotatable bonds is 2. The van der Waals surface area contributed by atoms with Crippen molar-refractivity contribution in [3.8, 4) is 0 Å². The molecule has 3 heterocycles. The van der Waals surface area contributed by atoms with Crippen LogP contribution in [0.5, 0.6) is 0 Å². The van der Waals surface area contributed by atoms with Crippen molar-refractivity contribution in [1.29, 1.82) is 0 Å². The highest BCUT2D eigenvalue weighted by molar-refractivity contribution is 9.10. The van der Waals surface area contributed by atoms with Crippen LogP contribution in [0.3, 0.4) is 0 Å². The van der Waals surface area contributed by atoms with Gasteiger partial charge in [0.25, 0.3) is 0 Å². The van der Waals surface area contributed by atoms with Crippen LogP contribution < -0.4 is 0 Å². The maximum absolute atomic E-state index is 4.59. The van der Waals surface area contributed by atoms with Crippen molar-refractivity contribution >= 4 is 21.6 Å². The third-order valence-corrected chi connectivity index (χ3v) is 4.15. The summed E-state index contributed by atoms with van der Waals surface area (Å²) >= 11 is 3.46. The molecule has 0 spiro atoms. The molecule has 0 unspecified atom stereocenters. The molecule has 1 fully saturated rings. The van der Waals surface area contributed by atoms with E-state index >= 15 is 0 Å². The fourth-order valence-electron chi connectivity index (χ4n) is 2.51. The minimum atomic E-state index is 0.738. The highest BCUT2D eigenvalue weighted by Gasteiger charge is 2.18. The molecule has 3 rings (SSSR count). The molecule has 0 amide bonds. The van der Waals surface area contributed by atoms with Gasteiger partial charge >= 0.3 is 0 Å². The second-order valence-corrected chi connectivity index (χ2v) is 6.04. The summed E-state index contributed by atoms with van der Waals surface area (Å²) < 4.78 is 2.91. The molecule has 1 aliphatic rings. The van der Waals surface area contributed by atoms with Crippen molar-refractivity contribution in [2.45, 2.75) is 19.3 Å². The average molecular weight is 309 g/mol. The second-order valence-electron chi connectivity index (χ2n) is 5.13. The Morgan fingerprint density at radius 1 is 1.39 bits per heavy atom. The Morgan fingerprint density at radius 3 is 2.94 bits per heavy atom. The lowest BCUT2D eigenvalue weighted by Crippen LogP contribution is -2.31. The fraction of sp³-hybridized carbons (Fsp3) is 0.538. The molecule has 5 heteroatoms. The van der Waals surface area contributed by atoms with Crippen LogP contribution >= 0.6 is 15.9 Å². The molecule has 1 aliphatic heterocycles. The molecule has 0 aliphatic carbocycles. The Balaban J connectivity index is 1.74. The van der Waals surface area contributed by atoms with Gasteiger partial charge in [-0.2, -0.15) is 5.10 Å². The van der Waals surface area contributed by atoms with Gasteiger partial charge in [-0.1, -0.05) is 15.9 Å². The van der Waals surface area contributed by atoms with Crippen LogP contribution in [-0.4, -0.2) is 39.6 Å². The van der Waals surface area contributed by atoms with E-state index in [9.17, 15) is 0 Å². The topological polar surface area (TPSA) is 33.4 Å². The fourth-order valence-corrected chi connectivity index (χ4v) is 2.84. The van der Waals surface area contributed by atoms with E-state index in [2.05, 4.69) is 38.0 Å². The van der Waals surface area contributed by atoms with E-state index in [1.807, 2.05) is 22.8 Å². The average Bonchev–Trinajstić information content (AvgIpc) is 2.73. The molecular formula is C13H17BrN4. The number of halogens is 1. The van der Waals surface area contributed by atoms with Crippen molar-refractivity contribution in [1.82, 2.24) is 19.5 Å². The lowest BCUT2D eigenvalue weighted by Gasteiger charge is -2.28. The summed E-state index contributed by atoms with van der Waals surface area (Å²) in [5, 5.41) is 4.54. The van der Waals surface area contributed by atoms with E-state index in [4.69, 9.17) is 0 Å². The number of fused-ring (bicyclic) bond motifs is 1. The van der Waals surface area contributed by atoms with Crippen molar-refractivity contribution < 1.29 is 0 Å². The van der Waals surface area contributed by atoms with Gasteiger partial charge < -0.3 is 4.90 Å². The van der Waals surface area contributed by atoms with E-state index in [-0.39, 0.29) is 0 Å². The van der Waals surface area contributed by atoms with E-state index < -0.39 is 0 Å². The van der Waals surface area contributed by atoms with Gasteiger partial charge in [-0.3, -0.25) is 0 Å². The zero-order chi connectivity index (χ0) is 12.5. The molecular weight excluding hydrogens is 292 g/mol. The van der Waals surface area contributed by atoms with E-state index in [0.717, 1.165) is 28.3 Å². The van der Waals surface area contributed by atoms with Crippen LogP contribution in [-0.2, 0) is 6.42 Å². The summed E-state index contributed by atoms with van der Waals surface area (Å²) in [5.74, 6) is 1.71. The predicted octanol–water partition coefficient (Wildman–Crippen LogP) is 2.38. The molecule has 2 aromatic rings. The SMILES string of the molecule is CN1CCC(Cc2nc3cc(Br)ccn3n2)CC1.